The zero-order chi connectivity index (χ0) is 18.7. The number of nitrogens with one attached hydrogen (secondary N) is 2. The van der Waals surface area contributed by atoms with Crippen molar-refractivity contribution in [2.24, 2.45) is 11.8 Å². The third-order valence-electron chi connectivity index (χ3n) is 4.83. The number of carbonyl (C=O) groups is 2. The fourth-order valence-electron chi connectivity index (χ4n) is 2.92. The van der Waals surface area contributed by atoms with Gasteiger partial charge in [-0.15, -0.1) is 10.2 Å². The lowest BCUT2D eigenvalue weighted by Crippen LogP contribution is -2.16. The molecule has 1 heterocycles. The Morgan fingerprint density at radius 2 is 1.96 bits per heavy atom. The molecule has 138 valence electrons. The highest BCUT2D eigenvalue weighted by molar-refractivity contribution is 7.15. The molecular weight excluding hydrogens is 348 g/mol. The Morgan fingerprint density at radius 3 is 2.62 bits per heavy atom. The molecule has 3 rings (SSSR count). The Balaban J connectivity index is 1.64. The third-order valence-corrected chi connectivity index (χ3v) is 5.84. The summed E-state index contributed by atoms with van der Waals surface area (Å²) in [6.45, 7) is 6.30. The first kappa shape index (κ1) is 18.5. The second kappa shape index (κ2) is 7.95. The summed E-state index contributed by atoms with van der Waals surface area (Å²) in [7, 11) is 0. The van der Waals surface area contributed by atoms with Gasteiger partial charge in [0.2, 0.25) is 11.0 Å². The lowest BCUT2D eigenvalue weighted by molar-refractivity contribution is -0.117. The van der Waals surface area contributed by atoms with E-state index in [0.717, 1.165) is 24.3 Å². The van der Waals surface area contributed by atoms with E-state index in [-0.39, 0.29) is 17.7 Å². The number of nitrogens with zero attached hydrogens (tertiary/aromatic N) is 2. The minimum absolute atomic E-state index is 0.0222. The van der Waals surface area contributed by atoms with E-state index in [1.165, 1.54) is 11.3 Å². The first-order valence-corrected chi connectivity index (χ1v) is 9.89. The summed E-state index contributed by atoms with van der Waals surface area (Å²) in [4.78, 5) is 24.5. The van der Waals surface area contributed by atoms with E-state index >= 15 is 0 Å². The summed E-state index contributed by atoms with van der Waals surface area (Å²) in [5, 5.41) is 15.4. The van der Waals surface area contributed by atoms with E-state index < -0.39 is 0 Å². The predicted octanol–water partition coefficient (Wildman–Crippen LogP) is 4.29. The second-order valence-electron chi connectivity index (χ2n) is 6.80. The van der Waals surface area contributed by atoms with Crippen molar-refractivity contribution < 1.29 is 9.59 Å². The van der Waals surface area contributed by atoms with Crippen LogP contribution < -0.4 is 10.6 Å². The van der Waals surface area contributed by atoms with E-state index in [1.54, 1.807) is 24.3 Å². The van der Waals surface area contributed by atoms with Gasteiger partial charge in [0.15, 0.2) is 0 Å². The molecule has 2 unspecified atom stereocenters. The second-order valence-corrected chi connectivity index (χ2v) is 7.81. The van der Waals surface area contributed by atoms with Crippen LogP contribution in [-0.4, -0.2) is 22.0 Å². The summed E-state index contributed by atoms with van der Waals surface area (Å²) < 4.78 is 0. The standard InChI is InChI=1S/C19H24N4O2S/c1-4-12(5-2)18-22-23-19(26-18)21-16(24)13-7-6-8-14(10-13)20-17(25)15-9-11(15)3/h6-8,10-12,15H,4-5,9H2,1-3H3,(H,20,25)(H,21,23,24). The van der Waals surface area contributed by atoms with Crippen LogP contribution in [0, 0.1) is 11.8 Å². The van der Waals surface area contributed by atoms with Crippen LogP contribution in [0.2, 0.25) is 0 Å². The number of hydrogen-bond donors (Lipinski definition) is 2. The lowest BCUT2D eigenvalue weighted by Gasteiger charge is -2.07. The van der Waals surface area contributed by atoms with Crippen molar-refractivity contribution in [1.29, 1.82) is 0 Å². The SMILES string of the molecule is CCC(CC)c1nnc(NC(=O)c2cccc(NC(=O)C3CC3C)c2)s1. The number of rotatable bonds is 7. The van der Waals surface area contributed by atoms with Crippen LogP contribution in [0.15, 0.2) is 24.3 Å². The molecule has 0 saturated heterocycles. The Kier molecular flexibility index (Phi) is 5.66. The average molecular weight is 372 g/mol. The van der Waals surface area contributed by atoms with Crippen molar-refractivity contribution in [3.63, 3.8) is 0 Å². The molecule has 2 amide bonds. The topological polar surface area (TPSA) is 84.0 Å². The van der Waals surface area contributed by atoms with Gasteiger partial charge >= 0.3 is 0 Å². The fraction of sp³-hybridized carbons (Fsp3) is 0.474. The average Bonchev–Trinajstić information content (AvgIpc) is 3.20. The number of carbonyl (C=O) groups excluding carboxylic acids is 2. The maximum atomic E-state index is 12.5. The monoisotopic (exact) mass is 372 g/mol. The maximum absolute atomic E-state index is 12.5. The molecule has 0 bridgehead atoms. The molecule has 1 aliphatic rings. The number of aromatic nitrogens is 2. The van der Waals surface area contributed by atoms with Gasteiger partial charge in [-0.2, -0.15) is 0 Å². The van der Waals surface area contributed by atoms with Crippen molar-refractivity contribution in [3.05, 3.63) is 34.8 Å². The van der Waals surface area contributed by atoms with Crippen LogP contribution in [0.5, 0.6) is 0 Å². The highest BCUT2D eigenvalue weighted by atomic mass is 32.1. The van der Waals surface area contributed by atoms with Crippen LogP contribution in [0.3, 0.4) is 0 Å². The minimum Gasteiger partial charge on any atom is -0.326 e. The molecule has 2 aromatic rings. The van der Waals surface area contributed by atoms with E-state index in [0.29, 0.717) is 28.2 Å². The zero-order valence-corrected chi connectivity index (χ0v) is 16.1. The van der Waals surface area contributed by atoms with Gasteiger partial charge in [-0.25, -0.2) is 0 Å². The molecule has 1 aliphatic carbocycles. The van der Waals surface area contributed by atoms with Crippen LogP contribution in [0.25, 0.3) is 0 Å². The van der Waals surface area contributed by atoms with Crippen LogP contribution in [-0.2, 0) is 4.79 Å². The number of anilines is 2. The van der Waals surface area contributed by atoms with Crippen molar-refractivity contribution in [2.45, 2.75) is 46.0 Å². The summed E-state index contributed by atoms with van der Waals surface area (Å²) >= 11 is 1.42. The normalized spacial score (nSPS) is 18.6. The molecule has 1 fully saturated rings. The quantitative estimate of drug-likeness (QED) is 0.759. The summed E-state index contributed by atoms with van der Waals surface area (Å²) in [6.07, 6.45) is 2.93. The molecule has 0 aliphatic heterocycles. The molecule has 2 N–H and O–H groups in total. The summed E-state index contributed by atoms with van der Waals surface area (Å²) in [5.41, 5.74) is 1.11. The minimum atomic E-state index is -0.256. The van der Waals surface area contributed by atoms with Gasteiger partial charge in [0, 0.05) is 23.1 Å². The molecule has 0 radical (unpaired) electrons. The van der Waals surface area contributed by atoms with E-state index in [4.69, 9.17) is 0 Å². The summed E-state index contributed by atoms with van der Waals surface area (Å²) in [6, 6.07) is 6.95. The zero-order valence-electron chi connectivity index (χ0n) is 15.3. The third kappa shape index (κ3) is 4.27. The van der Waals surface area contributed by atoms with Gasteiger partial charge in [-0.05, 0) is 43.4 Å². The van der Waals surface area contributed by atoms with Crippen LogP contribution >= 0.6 is 11.3 Å². The molecule has 1 saturated carbocycles. The highest BCUT2D eigenvalue weighted by Crippen LogP contribution is 2.38. The van der Waals surface area contributed by atoms with Crippen LogP contribution in [0.4, 0.5) is 10.8 Å². The highest BCUT2D eigenvalue weighted by Gasteiger charge is 2.39. The van der Waals surface area contributed by atoms with Gasteiger partial charge in [0.25, 0.3) is 5.91 Å². The van der Waals surface area contributed by atoms with Crippen molar-refractivity contribution in [2.75, 3.05) is 10.6 Å². The van der Waals surface area contributed by atoms with Crippen molar-refractivity contribution in [3.8, 4) is 0 Å². The van der Waals surface area contributed by atoms with E-state index in [1.807, 2.05) is 0 Å². The Hall–Kier alpha value is -2.28. The largest absolute Gasteiger partial charge is 0.326 e. The van der Waals surface area contributed by atoms with Gasteiger partial charge in [0.1, 0.15) is 5.01 Å². The van der Waals surface area contributed by atoms with E-state index in [2.05, 4.69) is 41.6 Å². The molecule has 7 heteroatoms. The predicted molar refractivity (Wildman–Crippen MR) is 104 cm³/mol. The maximum Gasteiger partial charge on any atom is 0.257 e. The molecule has 1 aromatic heterocycles. The first-order chi connectivity index (χ1) is 12.5. The Labute approximate surface area is 157 Å². The van der Waals surface area contributed by atoms with Crippen LogP contribution in [0.1, 0.15) is 61.3 Å². The molecule has 26 heavy (non-hydrogen) atoms. The fourth-order valence-corrected chi connectivity index (χ4v) is 3.92. The lowest BCUT2D eigenvalue weighted by atomic mass is 10.1. The number of amides is 2. The molecule has 1 aromatic carbocycles. The Morgan fingerprint density at radius 1 is 1.23 bits per heavy atom. The number of hydrogen-bond acceptors (Lipinski definition) is 5. The van der Waals surface area contributed by atoms with Gasteiger partial charge in [-0.1, -0.05) is 38.2 Å². The van der Waals surface area contributed by atoms with Gasteiger partial charge in [-0.3, -0.25) is 14.9 Å². The van der Waals surface area contributed by atoms with Crippen molar-refractivity contribution in [1.82, 2.24) is 10.2 Å². The smallest absolute Gasteiger partial charge is 0.257 e. The summed E-state index contributed by atoms with van der Waals surface area (Å²) in [5.74, 6) is 0.684. The molecule has 6 nitrogen and oxygen atoms in total. The van der Waals surface area contributed by atoms with Gasteiger partial charge < -0.3 is 5.32 Å². The first-order valence-electron chi connectivity index (χ1n) is 9.07. The van der Waals surface area contributed by atoms with Gasteiger partial charge in [0.05, 0.1) is 0 Å². The van der Waals surface area contributed by atoms with Crippen molar-refractivity contribution >= 4 is 34.0 Å². The molecule has 2 atom stereocenters. The molecular formula is C19H24N4O2S. The van der Waals surface area contributed by atoms with E-state index in [9.17, 15) is 9.59 Å². The molecule has 0 spiro atoms. The Bertz CT molecular complexity index is 800. The number of benzene rings is 1.